The second-order valence-corrected chi connectivity index (χ2v) is 7.22. The molecule has 2 aromatic rings. The van der Waals surface area contributed by atoms with E-state index in [4.69, 9.17) is 13.9 Å². The Morgan fingerprint density at radius 2 is 1.76 bits per heavy atom. The van der Waals surface area contributed by atoms with E-state index in [0.717, 1.165) is 5.56 Å². The van der Waals surface area contributed by atoms with E-state index in [2.05, 4.69) is 10.1 Å². The molecule has 0 aliphatic heterocycles. The van der Waals surface area contributed by atoms with Gasteiger partial charge >= 0.3 is 18.0 Å². The van der Waals surface area contributed by atoms with Gasteiger partial charge in [0.05, 0.1) is 7.11 Å². The van der Waals surface area contributed by atoms with Crippen LogP contribution in [0.5, 0.6) is 0 Å². The molecule has 1 N–H and O–H groups in total. The molecule has 156 valence electrons. The number of carbonyl (C=O) groups is 3. The number of methoxy groups -OCH3 is 1. The lowest BCUT2D eigenvalue weighted by Crippen LogP contribution is -2.36. The summed E-state index contributed by atoms with van der Waals surface area (Å²) in [4.78, 5) is 36.3. The van der Waals surface area contributed by atoms with Crippen LogP contribution >= 0.6 is 0 Å². The predicted octanol–water partition coefficient (Wildman–Crippen LogP) is 3.42. The molecule has 0 unspecified atom stereocenters. The Labute approximate surface area is 169 Å². The number of amides is 1. The van der Waals surface area contributed by atoms with Crippen molar-refractivity contribution in [1.29, 1.82) is 0 Å². The SMILES string of the molecule is COC(=O)c1ccc([C@H](CNC(=O)OC(C)(C)C)C(=O)OCc2ccccc2)o1. The molecular weight excluding hydrogens is 378 g/mol. The summed E-state index contributed by atoms with van der Waals surface area (Å²) in [5, 5.41) is 2.53. The molecule has 0 aliphatic rings. The van der Waals surface area contributed by atoms with Gasteiger partial charge in [0.15, 0.2) is 0 Å². The highest BCUT2D eigenvalue weighted by atomic mass is 16.6. The van der Waals surface area contributed by atoms with E-state index in [1.54, 1.807) is 20.8 Å². The Morgan fingerprint density at radius 1 is 1.07 bits per heavy atom. The predicted molar refractivity (Wildman–Crippen MR) is 103 cm³/mol. The number of carbonyl (C=O) groups excluding carboxylic acids is 3. The van der Waals surface area contributed by atoms with Gasteiger partial charge in [-0.3, -0.25) is 4.79 Å². The van der Waals surface area contributed by atoms with E-state index in [1.807, 2.05) is 30.3 Å². The van der Waals surface area contributed by atoms with Crippen LogP contribution in [-0.4, -0.2) is 37.3 Å². The largest absolute Gasteiger partial charge is 0.463 e. The van der Waals surface area contributed by atoms with E-state index < -0.39 is 29.6 Å². The smallest absolute Gasteiger partial charge is 0.407 e. The maximum Gasteiger partial charge on any atom is 0.407 e. The summed E-state index contributed by atoms with van der Waals surface area (Å²) in [6.07, 6.45) is -0.682. The van der Waals surface area contributed by atoms with Crippen molar-refractivity contribution < 1.29 is 33.0 Å². The van der Waals surface area contributed by atoms with Gasteiger partial charge < -0.3 is 23.9 Å². The summed E-state index contributed by atoms with van der Waals surface area (Å²) in [6, 6.07) is 12.0. The van der Waals surface area contributed by atoms with E-state index in [1.165, 1.54) is 19.2 Å². The highest BCUT2D eigenvalue weighted by Crippen LogP contribution is 2.21. The summed E-state index contributed by atoms with van der Waals surface area (Å²) in [5.41, 5.74) is 0.130. The van der Waals surface area contributed by atoms with Crippen molar-refractivity contribution >= 4 is 18.0 Å². The van der Waals surface area contributed by atoms with Crippen LogP contribution in [0, 0.1) is 0 Å². The van der Waals surface area contributed by atoms with Crippen LogP contribution < -0.4 is 5.32 Å². The molecule has 1 aromatic carbocycles. The monoisotopic (exact) mass is 403 g/mol. The lowest BCUT2D eigenvalue weighted by atomic mass is 10.1. The lowest BCUT2D eigenvalue weighted by Gasteiger charge is -2.21. The van der Waals surface area contributed by atoms with E-state index in [0.29, 0.717) is 0 Å². The van der Waals surface area contributed by atoms with Crippen LogP contribution in [-0.2, 0) is 25.6 Å². The topological polar surface area (TPSA) is 104 Å². The van der Waals surface area contributed by atoms with Gasteiger partial charge in [-0.25, -0.2) is 9.59 Å². The first-order valence-electron chi connectivity index (χ1n) is 9.05. The zero-order valence-corrected chi connectivity index (χ0v) is 16.9. The van der Waals surface area contributed by atoms with Crippen LogP contribution in [0.2, 0.25) is 0 Å². The quantitative estimate of drug-likeness (QED) is 0.558. The molecule has 0 fully saturated rings. The van der Waals surface area contributed by atoms with E-state index in [-0.39, 0.29) is 24.7 Å². The third-order valence-corrected chi connectivity index (χ3v) is 3.71. The molecule has 0 aliphatic carbocycles. The number of rotatable bonds is 7. The number of hydrogen-bond donors (Lipinski definition) is 1. The van der Waals surface area contributed by atoms with Crippen molar-refractivity contribution in [2.75, 3.05) is 13.7 Å². The van der Waals surface area contributed by atoms with E-state index in [9.17, 15) is 14.4 Å². The first-order chi connectivity index (χ1) is 13.7. The molecule has 1 atom stereocenters. The molecule has 8 nitrogen and oxygen atoms in total. The number of hydrogen-bond acceptors (Lipinski definition) is 7. The number of esters is 2. The van der Waals surface area contributed by atoms with Crippen LogP contribution in [0.3, 0.4) is 0 Å². The van der Waals surface area contributed by atoms with Gasteiger partial charge in [-0.1, -0.05) is 30.3 Å². The van der Waals surface area contributed by atoms with Gasteiger partial charge in [0.25, 0.3) is 0 Å². The van der Waals surface area contributed by atoms with Gasteiger partial charge in [0, 0.05) is 6.54 Å². The van der Waals surface area contributed by atoms with E-state index >= 15 is 0 Å². The molecule has 1 aromatic heterocycles. The van der Waals surface area contributed by atoms with Gasteiger partial charge in [0.1, 0.15) is 23.9 Å². The fourth-order valence-corrected chi connectivity index (χ4v) is 2.38. The molecule has 0 spiro atoms. The zero-order valence-electron chi connectivity index (χ0n) is 16.9. The summed E-state index contributed by atoms with van der Waals surface area (Å²) in [7, 11) is 1.22. The number of benzene rings is 1. The molecule has 0 saturated heterocycles. The maximum atomic E-state index is 12.7. The molecule has 29 heavy (non-hydrogen) atoms. The van der Waals surface area contributed by atoms with Crippen LogP contribution in [0.1, 0.15) is 48.6 Å². The van der Waals surface area contributed by atoms with Gasteiger partial charge in [-0.15, -0.1) is 0 Å². The first kappa shape index (κ1) is 22.0. The standard InChI is InChI=1S/C21H25NO7/c1-21(2,3)29-20(25)22-12-15(16-10-11-17(28-16)19(24)26-4)18(23)27-13-14-8-6-5-7-9-14/h5-11,15H,12-13H2,1-4H3,(H,22,25)/t15-/m0/s1. The average molecular weight is 403 g/mol. The van der Waals surface area contributed by atoms with Crippen molar-refractivity contribution in [3.05, 3.63) is 59.5 Å². The normalized spacial score (nSPS) is 12.0. The Hall–Kier alpha value is -3.29. The molecule has 8 heteroatoms. The first-order valence-corrected chi connectivity index (χ1v) is 9.05. The van der Waals surface area contributed by atoms with Crippen LogP contribution in [0.4, 0.5) is 4.79 Å². The van der Waals surface area contributed by atoms with Gasteiger partial charge in [-0.2, -0.15) is 0 Å². The zero-order chi connectivity index (χ0) is 21.4. The minimum atomic E-state index is -0.968. The molecule has 0 radical (unpaired) electrons. The van der Waals surface area contributed by atoms with Crippen molar-refractivity contribution in [2.24, 2.45) is 0 Å². The van der Waals surface area contributed by atoms with Gasteiger partial charge in [-0.05, 0) is 38.5 Å². The summed E-state index contributed by atoms with van der Waals surface area (Å²) < 4.78 is 20.6. The summed E-state index contributed by atoms with van der Waals surface area (Å²) in [6.45, 7) is 5.12. The summed E-state index contributed by atoms with van der Waals surface area (Å²) in [5.74, 6) is -2.15. The molecule has 0 bridgehead atoms. The molecule has 1 heterocycles. The minimum absolute atomic E-state index is 0.0550. The molecule has 0 saturated carbocycles. The molecular formula is C21H25NO7. The fourth-order valence-electron chi connectivity index (χ4n) is 2.38. The minimum Gasteiger partial charge on any atom is -0.463 e. The number of furan rings is 1. The number of alkyl carbamates (subject to hydrolysis) is 1. The second-order valence-electron chi connectivity index (χ2n) is 7.22. The van der Waals surface area contributed by atoms with Crippen molar-refractivity contribution in [1.82, 2.24) is 5.32 Å². The number of nitrogens with one attached hydrogen (secondary N) is 1. The lowest BCUT2D eigenvalue weighted by molar-refractivity contribution is -0.147. The third kappa shape index (κ3) is 6.99. The maximum absolute atomic E-state index is 12.7. The molecule has 1 amide bonds. The fraction of sp³-hybridized carbons (Fsp3) is 0.381. The van der Waals surface area contributed by atoms with Crippen molar-refractivity contribution in [3.63, 3.8) is 0 Å². The Kier molecular flexibility index (Phi) is 7.41. The Bertz CT molecular complexity index is 836. The third-order valence-electron chi connectivity index (χ3n) is 3.71. The number of ether oxygens (including phenoxy) is 3. The summed E-state index contributed by atoms with van der Waals surface area (Å²) >= 11 is 0. The Balaban J connectivity index is 2.11. The highest BCUT2D eigenvalue weighted by molar-refractivity contribution is 5.86. The Morgan fingerprint density at radius 3 is 2.38 bits per heavy atom. The average Bonchev–Trinajstić information content (AvgIpc) is 3.15. The van der Waals surface area contributed by atoms with Gasteiger partial charge in [0.2, 0.25) is 5.76 Å². The van der Waals surface area contributed by atoms with Crippen LogP contribution in [0.15, 0.2) is 46.9 Å². The highest BCUT2D eigenvalue weighted by Gasteiger charge is 2.28. The molecule has 2 rings (SSSR count). The van der Waals surface area contributed by atoms with Crippen LogP contribution in [0.25, 0.3) is 0 Å². The van der Waals surface area contributed by atoms with Crippen molar-refractivity contribution in [2.45, 2.75) is 38.9 Å². The second kappa shape index (κ2) is 9.77. The van der Waals surface area contributed by atoms with Crippen molar-refractivity contribution in [3.8, 4) is 0 Å².